The monoisotopic (exact) mass is 292 g/mol. The molecule has 1 saturated carbocycles. The molecule has 0 amide bonds. The molecule has 0 saturated heterocycles. The van der Waals surface area contributed by atoms with Gasteiger partial charge in [0.1, 0.15) is 0 Å². The molecule has 5 unspecified atom stereocenters. The molecular formula is C21H24O. The van der Waals surface area contributed by atoms with Crippen LogP contribution in [0.2, 0.25) is 0 Å². The van der Waals surface area contributed by atoms with Gasteiger partial charge in [0, 0.05) is 5.41 Å². The maximum Gasteiger partial charge on any atom is 0.178 e. The molecule has 0 N–H and O–H groups in total. The zero-order valence-electron chi connectivity index (χ0n) is 13.8. The summed E-state index contributed by atoms with van der Waals surface area (Å²) >= 11 is 0. The molecule has 5 aliphatic carbocycles. The van der Waals surface area contributed by atoms with Crippen molar-refractivity contribution in [2.45, 2.75) is 46.5 Å². The Morgan fingerprint density at radius 2 is 2.05 bits per heavy atom. The Morgan fingerprint density at radius 3 is 2.86 bits per heavy atom. The Hall–Kier alpha value is -1.37. The number of hydrogen-bond donors (Lipinski definition) is 0. The molecule has 0 aromatic carbocycles. The Balaban J connectivity index is 1.73. The second-order valence-electron chi connectivity index (χ2n) is 8.55. The quantitative estimate of drug-likeness (QED) is 0.628. The smallest absolute Gasteiger partial charge is 0.178 e. The first-order chi connectivity index (χ1) is 10.4. The molecule has 1 fully saturated rings. The summed E-state index contributed by atoms with van der Waals surface area (Å²) < 4.78 is 0. The average Bonchev–Trinajstić information content (AvgIpc) is 3.22. The normalized spacial score (nSPS) is 48.1. The Bertz CT molecular complexity index is 731. The summed E-state index contributed by atoms with van der Waals surface area (Å²) in [5.41, 5.74) is 6.87. The molecule has 5 atom stereocenters. The number of ketones is 1. The predicted molar refractivity (Wildman–Crippen MR) is 88.2 cm³/mol. The SMILES string of the molecule is CC1CC=C2C3=C(CCC21C)C1(C)C=CC(=O)C=C1C1CC31. The second kappa shape index (κ2) is 3.75. The largest absolute Gasteiger partial charge is 0.290 e. The lowest BCUT2D eigenvalue weighted by Gasteiger charge is -2.47. The van der Waals surface area contributed by atoms with Crippen LogP contribution in [0, 0.1) is 28.6 Å². The second-order valence-corrected chi connectivity index (χ2v) is 8.55. The van der Waals surface area contributed by atoms with E-state index in [2.05, 4.69) is 32.9 Å². The minimum absolute atomic E-state index is 0.0227. The van der Waals surface area contributed by atoms with Crippen molar-refractivity contribution >= 4 is 5.78 Å². The highest BCUT2D eigenvalue weighted by molar-refractivity contribution is 6.01. The topological polar surface area (TPSA) is 17.1 Å². The van der Waals surface area contributed by atoms with Crippen molar-refractivity contribution < 1.29 is 4.79 Å². The maximum atomic E-state index is 11.9. The van der Waals surface area contributed by atoms with Crippen LogP contribution >= 0.6 is 0 Å². The first kappa shape index (κ1) is 13.1. The Labute approximate surface area is 132 Å². The number of rotatable bonds is 0. The van der Waals surface area contributed by atoms with Crippen molar-refractivity contribution in [3.8, 4) is 0 Å². The van der Waals surface area contributed by atoms with Crippen LogP contribution in [0.25, 0.3) is 0 Å². The van der Waals surface area contributed by atoms with Gasteiger partial charge in [-0.05, 0) is 84.6 Å². The Kier molecular flexibility index (Phi) is 2.23. The molecule has 5 rings (SSSR count). The van der Waals surface area contributed by atoms with Crippen LogP contribution in [0.1, 0.15) is 46.5 Å². The van der Waals surface area contributed by atoms with Crippen molar-refractivity contribution in [1.29, 1.82) is 0 Å². The summed E-state index contributed by atoms with van der Waals surface area (Å²) in [6.45, 7) is 7.27. The van der Waals surface area contributed by atoms with E-state index in [1.54, 1.807) is 22.8 Å². The lowest BCUT2D eigenvalue weighted by atomic mass is 9.56. The number of carbonyl (C=O) groups excluding carboxylic acids is 1. The van der Waals surface area contributed by atoms with Gasteiger partial charge in [-0.15, -0.1) is 0 Å². The minimum atomic E-state index is 0.0227. The van der Waals surface area contributed by atoms with Gasteiger partial charge in [0.2, 0.25) is 0 Å². The van der Waals surface area contributed by atoms with Crippen LogP contribution in [-0.2, 0) is 4.79 Å². The van der Waals surface area contributed by atoms with Gasteiger partial charge >= 0.3 is 0 Å². The van der Waals surface area contributed by atoms with Crippen LogP contribution in [0.3, 0.4) is 0 Å². The number of fused-ring (bicyclic) bond motifs is 7. The van der Waals surface area contributed by atoms with Crippen molar-refractivity contribution in [3.05, 3.63) is 46.6 Å². The van der Waals surface area contributed by atoms with E-state index in [0.717, 1.165) is 5.92 Å². The third-order valence-electron chi connectivity index (χ3n) is 7.55. The minimum Gasteiger partial charge on any atom is -0.290 e. The van der Waals surface area contributed by atoms with E-state index in [9.17, 15) is 4.79 Å². The van der Waals surface area contributed by atoms with E-state index in [4.69, 9.17) is 0 Å². The maximum absolute atomic E-state index is 11.9. The highest BCUT2D eigenvalue weighted by atomic mass is 16.1. The lowest BCUT2D eigenvalue weighted by molar-refractivity contribution is -0.110. The molecule has 1 nitrogen and oxygen atoms in total. The van der Waals surface area contributed by atoms with E-state index < -0.39 is 0 Å². The molecule has 0 aromatic heterocycles. The van der Waals surface area contributed by atoms with Crippen molar-refractivity contribution in [2.24, 2.45) is 28.6 Å². The van der Waals surface area contributed by atoms with E-state index in [-0.39, 0.29) is 11.2 Å². The standard InChI is InChI=1S/C21H24O/c1-12-4-5-16-19-15-11-14(15)18-10-13(22)6-8-21(18,3)17(19)7-9-20(12,16)2/h5-6,8,10,12,14-15H,4,7,9,11H2,1-3H3. The van der Waals surface area contributed by atoms with Crippen LogP contribution in [-0.4, -0.2) is 5.78 Å². The average molecular weight is 292 g/mol. The fraction of sp³-hybridized carbons (Fsp3) is 0.571. The fourth-order valence-electron chi connectivity index (χ4n) is 5.82. The summed E-state index contributed by atoms with van der Waals surface area (Å²) in [5, 5.41) is 0. The molecule has 0 spiro atoms. The van der Waals surface area contributed by atoms with Gasteiger partial charge < -0.3 is 0 Å². The van der Waals surface area contributed by atoms with Gasteiger partial charge in [0.15, 0.2) is 5.78 Å². The van der Waals surface area contributed by atoms with Gasteiger partial charge in [-0.1, -0.05) is 31.6 Å². The van der Waals surface area contributed by atoms with Gasteiger partial charge in [0.25, 0.3) is 0 Å². The molecule has 22 heavy (non-hydrogen) atoms. The first-order valence-electron chi connectivity index (χ1n) is 8.85. The van der Waals surface area contributed by atoms with Crippen molar-refractivity contribution in [3.63, 3.8) is 0 Å². The molecule has 0 aromatic rings. The van der Waals surface area contributed by atoms with Crippen LogP contribution < -0.4 is 0 Å². The summed E-state index contributed by atoms with van der Waals surface area (Å²) in [5.74, 6) is 2.32. The molecule has 114 valence electrons. The first-order valence-corrected chi connectivity index (χ1v) is 8.85. The molecule has 0 heterocycles. The molecule has 0 aliphatic heterocycles. The summed E-state index contributed by atoms with van der Waals surface area (Å²) in [6.07, 6.45) is 13.5. The third-order valence-corrected chi connectivity index (χ3v) is 7.55. The van der Waals surface area contributed by atoms with Crippen LogP contribution in [0.15, 0.2) is 46.6 Å². The third kappa shape index (κ3) is 1.34. The van der Waals surface area contributed by atoms with Crippen molar-refractivity contribution in [1.82, 2.24) is 0 Å². The summed E-state index contributed by atoms with van der Waals surface area (Å²) in [6, 6.07) is 0. The highest BCUT2D eigenvalue weighted by Crippen LogP contribution is 2.69. The van der Waals surface area contributed by atoms with E-state index >= 15 is 0 Å². The summed E-state index contributed by atoms with van der Waals surface area (Å²) in [7, 11) is 0. The van der Waals surface area contributed by atoms with Crippen LogP contribution in [0.5, 0.6) is 0 Å². The molecule has 1 heteroatoms. The zero-order valence-corrected chi connectivity index (χ0v) is 13.8. The Morgan fingerprint density at radius 1 is 1.23 bits per heavy atom. The van der Waals surface area contributed by atoms with Crippen LogP contribution in [0.4, 0.5) is 0 Å². The van der Waals surface area contributed by atoms with Gasteiger partial charge in [-0.2, -0.15) is 0 Å². The predicted octanol–water partition coefficient (Wildman–Crippen LogP) is 4.77. The molecule has 0 radical (unpaired) electrons. The van der Waals surface area contributed by atoms with E-state index in [1.807, 2.05) is 6.08 Å². The highest BCUT2D eigenvalue weighted by Gasteiger charge is 2.59. The lowest BCUT2D eigenvalue weighted by Crippen LogP contribution is -2.37. The molecule has 0 bridgehead atoms. The number of carbonyl (C=O) groups is 1. The molecule has 5 aliphatic rings. The van der Waals surface area contributed by atoms with Gasteiger partial charge in [-0.3, -0.25) is 4.79 Å². The zero-order chi connectivity index (χ0) is 15.3. The van der Waals surface area contributed by atoms with Crippen molar-refractivity contribution in [2.75, 3.05) is 0 Å². The van der Waals surface area contributed by atoms with E-state index in [1.165, 1.54) is 31.3 Å². The fourth-order valence-corrected chi connectivity index (χ4v) is 5.82. The van der Waals surface area contributed by atoms with E-state index in [0.29, 0.717) is 17.3 Å². The number of hydrogen-bond acceptors (Lipinski definition) is 1. The summed E-state index contributed by atoms with van der Waals surface area (Å²) in [4.78, 5) is 11.9. The number of allylic oxidation sites excluding steroid dienone is 8. The molecular weight excluding hydrogens is 268 g/mol. The van der Waals surface area contributed by atoms with Gasteiger partial charge in [-0.25, -0.2) is 0 Å². The van der Waals surface area contributed by atoms with Gasteiger partial charge in [0.05, 0.1) is 0 Å².